The van der Waals surface area contributed by atoms with E-state index in [1.165, 1.54) is 12.3 Å². The molecule has 2 heterocycles. The first-order valence-electron chi connectivity index (χ1n) is 6.76. The summed E-state index contributed by atoms with van der Waals surface area (Å²) in [6, 6.07) is 1.44. The van der Waals surface area contributed by atoms with E-state index in [1.807, 2.05) is 13.8 Å². The van der Waals surface area contributed by atoms with Crippen LogP contribution in [0.4, 0.5) is 0 Å². The molecule has 0 aromatic carbocycles. The van der Waals surface area contributed by atoms with Crippen LogP contribution < -0.4 is 0 Å². The Balaban J connectivity index is 2.69. The molecule has 0 radical (unpaired) electrons. The summed E-state index contributed by atoms with van der Waals surface area (Å²) >= 11 is 0. The second kappa shape index (κ2) is 5.22. The van der Waals surface area contributed by atoms with Gasteiger partial charge in [-0.15, -0.1) is 0 Å². The molecule has 22 heavy (non-hydrogen) atoms. The topological polar surface area (TPSA) is 107 Å². The van der Waals surface area contributed by atoms with Crippen LogP contribution in [-0.2, 0) is 4.79 Å². The van der Waals surface area contributed by atoms with Gasteiger partial charge in [-0.1, -0.05) is 13.8 Å². The molecular weight excluding hydrogens is 284 g/mol. The molecule has 7 heteroatoms. The fraction of sp³-hybridized carbons (Fsp3) is 0.400. The van der Waals surface area contributed by atoms with Gasteiger partial charge in [-0.05, 0) is 31.4 Å². The molecule has 1 aliphatic heterocycles. The molecule has 1 amide bonds. The Hall–Kier alpha value is -2.75. The number of aryl methyl sites for hydroxylation is 1. The minimum atomic E-state index is -1.18. The highest BCUT2D eigenvalue weighted by Gasteiger charge is 2.48. The van der Waals surface area contributed by atoms with Gasteiger partial charge in [0, 0.05) is 6.20 Å². The Bertz CT molecular complexity index is 733. The second-order valence-electron chi connectivity index (χ2n) is 5.69. The lowest BCUT2D eigenvalue weighted by atomic mass is 9.89. The average Bonchev–Trinajstić information content (AvgIpc) is 2.71. The Kier molecular flexibility index (Phi) is 3.71. The predicted molar refractivity (Wildman–Crippen MR) is 78.2 cm³/mol. The maximum atomic E-state index is 12.4. The van der Waals surface area contributed by atoms with Crippen molar-refractivity contribution in [2.75, 3.05) is 0 Å². The molecule has 1 N–H and O–H groups in total. The number of hydrogen-bond donors (Lipinski definition) is 1. The number of carbonyl (C=O) groups excluding carboxylic acids is 1. The number of nitriles is 1. The number of carboxylic acids is 1. The number of hydrogen-bond acceptors (Lipinski definition) is 5. The maximum absolute atomic E-state index is 12.4. The van der Waals surface area contributed by atoms with Gasteiger partial charge < -0.3 is 5.11 Å². The number of carbonyl (C=O) groups is 2. The summed E-state index contributed by atoms with van der Waals surface area (Å²) in [5.74, 6) is -1.82. The van der Waals surface area contributed by atoms with Crippen molar-refractivity contribution in [3.8, 4) is 6.19 Å². The smallest absolute Gasteiger partial charge is 0.338 e. The van der Waals surface area contributed by atoms with E-state index >= 15 is 0 Å². The van der Waals surface area contributed by atoms with E-state index < -0.39 is 17.4 Å². The first-order valence-corrected chi connectivity index (χ1v) is 6.76. The van der Waals surface area contributed by atoms with Crippen molar-refractivity contribution in [3.63, 3.8) is 0 Å². The lowest BCUT2D eigenvalue weighted by Gasteiger charge is -2.22. The standard InChI is InChI=1S/C15H16N4O3/c1-8(2)15(4)14(22)19(7-16)12(18-15)11-10(13(20)21)5-9(3)6-17-11/h5-6,8H,1-4H3,(H,20,21). The third-order valence-electron chi connectivity index (χ3n) is 3.88. The molecule has 1 atom stereocenters. The van der Waals surface area contributed by atoms with Crippen molar-refractivity contribution in [1.29, 1.82) is 5.26 Å². The van der Waals surface area contributed by atoms with E-state index in [0.717, 1.165) is 4.90 Å². The van der Waals surface area contributed by atoms with Crippen molar-refractivity contribution in [2.45, 2.75) is 33.2 Å². The van der Waals surface area contributed by atoms with Gasteiger partial charge in [0.1, 0.15) is 11.2 Å². The van der Waals surface area contributed by atoms with Gasteiger partial charge in [-0.2, -0.15) is 10.2 Å². The Morgan fingerprint density at radius 1 is 1.50 bits per heavy atom. The summed E-state index contributed by atoms with van der Waals surface area (Å²) in [4.78, 5) is 33.1. The summed E-state index contributed by atoms with van der Waals surface area (Å²) < 4.78 is 0. The van der Waals surface area contributed by atoms with Gasteiger partial charge in [0.15, 0.2) is 12.0 Å². The van der Waals surface area contributed by atoms with Crippen LogP contribution in [0.1, 0.15) is 42.4 Å². The molecule has 1 aromatic heterocycles. The molecule has 0 aliphatic carbocycles. The summed E-state index contributed by atoms with van der Waals surface area (Å²) in [6.45, 7) is 6.98. The van der Waals surface area contributed by atoms with Crippen LogP contribution in [0.3, 0.4) is 0 Å². The van der Waals surface area contributed by atoms with E-state index in [4.69, 9.17) is 0 Å². The number of amides is 1. The zero-order chi connectivity index (χ0) is 16.7. The van der Waals surface area contributed by atoms with Crippen LogP contribution in [0.2, 0.25) is 0 Å². The highest BCUT2D eigenvalue weighted by molar-refractivity contribution is 6.18. The molecule has 2 rings (SSSR count). The van der Waals surface area contributed by atoms with Crippen LogP contribution in [0.25, 0.3) is 0 Å². The zero-order valence-corrected chi connectivity index (χ0v) is 12.8. The monoisotopic (exact) mass is 300 g/mol. The van der Waals surface area contributed by atoms with Crippen molar-refractivity contribution in [3.05, 3.63) is 29.1 Å². The number of carboxylic acid groups (broad SMARTS) is 1. The molecule has 0 spiro atoms. The number of amidine groups is 1. The molecule has 0 bridgehead atoms. The Morgan fingerprint density at radius 2 is 2.14 bits per heavy atom. The van der Waals surface area contributed by atoms with Crippen molar-refractivity contribution in [1.82, 2.24) is 9.88 Å². The fourth-order valence-corrected chi connectivity index (χ4v) is 2.18. The highest BCUT2D eigenvalue weighted by atomic mass is 16.4. The lowest BCUT2D eigenvalue weighted by Crippen LogP contribution is -2.42. The largest absolute Gasteiger partial charge is 0.478 e. The number of aromatic nitrogens is 1. The highest BCUT2D eigenvalue weighted by Crippen LogP contribution is 2.32. The van der Waals surface area contributed by atoms with Crippen LogP contribution in [0, 0.1) is 24.3 Å². The molecule has 1 unspecified atom stereocenters. The first kappa shape index (κ1) is 15.6. The third kappa shape index (κ3) is 2.22. The van der Waals surface area contributed by atoms with Gasteiger partial charge >= 0.3 is 5.97 Å². The fourth-order valence-electron chi connectivity index (χ4n) is 2.18. The lowest BCUT2D eigenvalue weighted by molar-refractivity contribution is -0.129. The average molecular weight is 300 g/mol. The van der Waals surface area contributed by atoms with Crippen LogP contribution in [-0.4, -0.2) is 38.2 Å². The van der Waals surface area contributed by atoms with E-state index in [1.54, 1.807) is 20.0 Å². The number of rotatable bonds is 3. The molecule has 1 aliphatic rings. The molecular formula is C15H16N4O3. The minimum Gasteiger partial charge on any atom is -0.478 e. The molecule has 0 fully saturated rings. The maximum Gasteiger partial charge on any atom is 0.338 e. The number of nitrogens with zero attached hydrogens (tertiary/aromatic N) is 4. The SMILES string of the molecule is Cc1cnc(C2=NC(C)(C(C)C)C(=O)N2C#N)c(C(=O)O)c1. The Morgan fingerprint density at radius 3 is 2.64 bits per heavy atom. The number of aliphatic imine (C=N–C) groups is 1. The quantitative estimate of drug-likeness (QED) is 0.853. The second-order valence-corrected chi connectivity index (χ2v) is 5.69. The molecule has 114 valence electrons. The van der Waals surface area contributed by atoms with E-state index in [-0.39, 0.29) is 23.0 Å². The summed E-state index contributed by atoms with van der Waals surface area (Å²) in [5, 5.41) is 18.6. The molecule has 0 saturated heterocycles. The van der Waals surface area contributed by atoms with E-state index in [2.05, 4.69) is 9.98 Å². The zero-order valence-electron chi connectivity index (χ0n) is 12.8. The first-order chi connectivity index (χ1) is 10.2. The van der Waals surface area contributed by atoms with Crippen LogP contribution >= 0.6 is 0 Å². The van der Waals surface area contributed by atoms with E-state index in [9.17, 15) is 20.0 Å². The minimum absolute atomic E-state index is 0.0129. The van der Waals surface area contributed by atoms with Crippen molar-refractivity contribution < 1.29 is 14.7 Å². The van der Waals surface area contributed by atoms with Gasteiger partial charge in [0.25, 0.3) is 5.91 Å². The molecule has 7 nitrogen and oxygen atoms in total. The summed E-state index contributed by atoms with van der Waals surface area (Å²) in [5.41, 5.74) is -0.494. The number of aromatic carboxylic acids is 1. The number of pyridine rings is 1. The molecule has 1 aromatic rings. The van der Waals surface area contributed by atoms with Crippen LogP contribution in [0.5, 0.6) is 0 Å². The van der Waals surface area contributed by atoms with Crippen LogP contribution in [0.15, 0.2) is 17.3 Å². The van der Waals surface area contributed by atoms with Gasteiger partial charge in [-0.3, -0.25) is 9.78 Å². The molecule has 0 saturated carbocycles. The summed E-state index contributed by atoms with van der Waals surface area (Å²) in [6.07, 6.45) is 3.25. The van der Waals surface area contributed by atoms with Gasteiger partial charge in [0.2, 0.25) is 0 Å². The van der Waals surface area contributed by atoms with Crippen molar-refractivity contribution >= 4 is 17.7 Å². The summed E-state index contributed by atoms with van der Waals surface area (Å²) in [7, 11) is 0. The Labute approximate surface area is 127 Å². The van der Waals surface area contributed by atoms with Crippen molar-refractivity contribution in [2.24, 2.45) is 10.9 Å². The van der Waals surface area contributed by atoms with E-state index in [0.29, 0.717) is 5.56 Å². The van der Waals surface area contributed by atoms with Gasteiger partial charge in [-0.25, -0.2) is 9.79 Å². The van der Waals surface area contributed by atoms with Gasteiger partial charge in [0.05, 0.1) is 5.56 Å². The third-order valence-corrected chi connectivity index (χ3v) is 3.88. The normalized spacial score (nSPS) is 21.0. The predicted octanol–water partition coefficient (Wildman–Crippen LogP) is 1.57.